The summed E-state index contributed by atoms with van der Waals surface area (Å²) >= 11 is 0. The second-order valence-corrected chi connectivity index (χ2v) is 4.44. The van der Waals surface area contributed by atoms with Crippen molar-refractivity contribution in [1.82, 2.24) is 14.7 Å². The van der Waals surface area contributed by atoms with Gasteiger partial charge in [0.25, 0.3) is 5.91 Å². The average molecular weight is 195 g/mol. The van der Waals surface area contributed by atoms with Crippen LogP contribution in [0.1, 0.15) is 31.1 Å². The van der Waals surface area contributed by atoms with Gasteiger partial charge in [0.05, 0.1) is 11.8 Å². The molecule has 0 spiro atoms. The van der Waals surface area contributed by atoms with Gasteiger partial charge < -0.3 is 4.90 Å². The summed E-state index contributed by atoms with van der Waals surface area (Å²) in [4.78, 5) is 13.6. The lowest BCUT2D eigenvalue weighted by Gasteiger charge is -2.31. The minimum Gasteiger partial charge on any atom is -0.337 e. The lowest BCUT2D eigenvalue weighted by molar-refractivity contribution is 0.0655. The predicted octanol–water partition coefficient (Wildman–Crippen LogP) is 1.29. The molecule has 0 unspecified atom stereocenters. The lowest BCUT2D eigenvalue weighted by atomic mass is 10.1. The molecular weight excluding hydrogens is 178 g/mol. The minimum atomic E-state index is -0.160. The number of nitrogens with zero attached hydrogens (tertiary/aromatic N) is 3. The van der Waals surface area contributed by atoms with Crippen LogP contribution in [0.5, 0.6) is 0 Å². The molecule has 0 N–H and O–H groups in total. The van der Waals surface area contributed by atoms with E-state index in [4.69, 9.17) is 0 Å². The van der Waals surface area contributed by atoms with E-state index in [2.05, 4.69) is 5.10 Å². The second-order valence-electron chi connectivity index (χ2n) is 4.44. The van der Waals surface area contributed by atoms with Crippen LogP contribution in [0.15, 0.2) is 12.4 Å². The van der Waals surface area contributed by atoms with Gasteiger partial charge >= 0.3 is 0 Å². The highest BCUT2D eigenvalue weighted by molar-refractivity contribution is 5.94. The summed E-state index contributed by atoms with van der Waals surface area (Å²) in [5.41, 5.74) is 0.470. The zero-order valence-electron chi connectivity index (χ0n) is 9.40. The Morgan fingerprint density at radius 3 is 2.43 bits per heavy atom. The molecule has 0 fully saturated rings. The van der Waals surface area contributed by atoms with Crippen LogP contribution in [0.25, 0.3) is 0 Å². The van der Waals surface area contributed by atoms with Crippen LogP contribution in [0.4, 0.5) is 0 Å². The van der Waals surface area contributed by atoms with Crippen LogP contribution in [0, 0.1) is 0 Å². The van der Waals surface area contributed by atoms with Gasteiger partial charge in [-0.1, -0.05) is 0 Å². The van der Waals surface area contributed by atoms with Crippen molar-refractivity contribution in [2.45, 2.75) is 26.3 Å². The van der Waals surface area contributed by atoms with E-state index < -0.39 is 0 Å². The van der Waals surface area contributed by atoms with E-state index in [9.17, 15) is 4.79 Å². The number of carbonyl (C=O) groups excluding carboxylic acids is 1. The van der Waals surface area contributed by atoms with Crippen LogP contribution in [0.3, 0.4) is 0 Å². The zero-order valence-corrected chi connectivity index (χ0v) is 9.40. The fraction of sp³-hybridized carbons (Fsp3) is 0.600. The molecule has 0 saturated carbocycles. The Morgan fingerprint density at radius 2 is 2.07 bits per heavy atom. The van der Waals surface area contributed by atoms with Crippen molar-refractivity contribution in [3.8, 4) is 0 Å². The van der Waals surface area contributed by atoms with Crippen LogP contribution < -0.4 is 0 Å². The fourth-order valence-electron chi connectivity index (χ4n) is 1.03. The molecule has 1 rings (SSSR count). The number of hydrogen-bond donors (Lipinski definition) is 0. The van der Waals surface area contributed by atoms with Crippen molar-refractivity contribution in [1.29, 1.82) is 0 Å². The summed E-state index contributed by atoms with van der Waals surface area (Å²) in [6.45, 7) is 6.00. The molecule has 0 aliphatic carbocycles. The van der Waals surface area contributed by atoms with Crippen LogP contribution in [0.2, 0.25) is 0 Å². The topological polar surface area (TPSA) is 38.1 Å². The summed E-state index contributed by atoms with van der Waals surface area (Å²) in [6, 6.07) is 0. The molecule has 0 aliphatic heterocycles. The Hall–Kier alpha value is -1.32. The first-order valence-electron chi connectivity index (χ1n) is 4.59. The maximum atomic E-state index is 11.9. The van der Waals surface area contributed by atoms with Crippen molar-refractivity contribution in [3.63, 3.8) is 0 Å². The van der Waals surface area contributed by atoms with E-state index in [1.165, 1.54) is 0 Å². The third kappa shape index (κ3) is 2.13. The zero-order chi connectivity index (χ0) is 10.9. The van der Waals surface area contributed by atoms with Crippen molar-refractivity contribution in [2.75, 3.05) is 7.05 Å². The molecule has 0 radical (unpaired) electrons. The minimum absolute atomic E-state index is 0.00519. The monoisotopic (exact) mass is 195 g/mol. The van der Waals surface area contributed by atoms with Gasteiger partial charge in [0.15, 0.2) is 0 Å². The van der Waals surface area contributed by atoms with Crippen molar-refractivity contribution >= 4 is 5.91 Å². The highest BCUT2D eigenvalue weighted by Gasteiger charge is 2.23. The molecule has 0 atom stereocenters. The molecule has 1 amide bonds. The quantitative estimate of drug-likeness (QED) is 0.677. The fourth-order valence-corrected chi connectivity index (χ4v) is 1.03. The van der Waals surface area contributed by atoms with E-state index >= 15 is 0 Å². The highest BCUT2D eigenvalue weighted by atomic mass is 16.2. The smallest absolute Gasteiger partial charge is 0.257 e. The molecule has 4 heteroatoms. The summed E-state index contributed by atoms with van der Waals surface area (Å²) in [7, 11) is 3.60. The Labute approximate surface area is 84.5 Å². The Kier molecular flexibility index (Phi) is 2.64. The molecule has 14 heavy (non-hydrogen) atoms. The first-order valence-corrected chi connectivity index (χ1v) is 4.59. The number of aryl methyl sites for hydroxylation is 1. The third-order valence-corrected chi connectivity index (χ3v) is 2.26. The molecule has 1 heterocycles. The molecule has 78 valence electrons. The predicted molar refractivity (Wildman–Crippen MR) is 55.1 cm³/mol. The van der Waals surface area contributed by atoms with Crippen molar-refractivity contribution in [3.05, 3.63) is 18.0 Å². The van der Waals surface area contributed by atoms with E-state index in [0.29, 0.717) is 5.56 Å². The molecule has 0 aromatic carbocycles. The van der Waals surface area contributed by atoms with Crippen molar-refractivity contribution < 1.29 is 4.79 Å². The second kappa shape index (κ2) is 3.44. The summed E-state index contributed by atoms with van der Waals surface area (Å²) in [5, 5.41) is 3.97. The van der Waals surface area contributed by atoms with E-state index in [1.807, 2.05) is 20.8 Å². The van der Waals surface area contributed by atoms with E-state index in [-0.39, 0.29) is 11.4 Å². The van der Waals surface area contributed by atoms with Gasteiger partial charge in [-0.15, -0.1) is 0 Å². The first-order chi connectivity index (χ1) is 6.32. The van der Waals surface area contributed by atoms with Crippen molar-refractivity contribution in [2.24, 2.45) is 7.05 Å². The number of carbonyl (C=O) groups is 1. The number of rotatable bonds is 1. The molecule has 4 nitrogen and oxygen atoms in total. The number of amides is 1. The van der Waals surface area contributed by atoms with E-state index in [0.717, 1.165) is 0 Å². The average Bonchev–Trinajstić information content (AvgIpc) is 2.47. The first kappa shape index (κ1) is 10.8. The van der Waals surface area contributed by atoms with Crippen LogP contribution >= 0.6 is 0 Å². The summed E-state index contributed by atoms with van der Waals surface area (Å²) < 4.78 is 1.63. The molecular formula is C10H17N3O. The largest absolute Gasteiger partial charge is 0.337 e. The molecule has 0 saturated heterocycles. The number of aromatic nitrogens is 2. The van der Waals surface area contributed by atoms with Gasteiger partial charge in [0.1, 0.15) is 0 Å². The van der Waals surface area contributed by atoms with Gasteiger partial charge in [-0.05, 0) is 20.8 Å². The Balaban J connectivity index is 2.86. The summed E-state index contributed by atoms with van der Waals surface area (Å²) in [5.74, 6) is 0.00519. The SMILES string of the molecule is CN(C(=O)c1cnn(C)c1)C(C)(C)C. The third-order valence-electron chi connectivity index (χ3n) is 2.26. The van der Waals surface area contributed by atoms with Gasteiger partial charge in [-0.25, -0.2) is 0 Å². The van der Waals surface area contributed by atoms with Gasteiger partial charge in [0, 0.05) is 25.8 Å². The molecule has 0 bridgehead atoms. The Bertz CT molecular complexity index is 335. The van der Waals surface area contributed by atoms with Gasteiger partial charge in [0.2, 0.25) is 0 Å². The maximum absolute atomic E-state index is 11.9. The van der Waals surface area contributed by atoms with Gasteiger partial charge in [-0.2, -0.15) is 5.10 Å². The molecule has 1 aromatic rings. The van der Waals surface area contributed by atoms with Crippen LogP contribution in [-0.2, 0) is 7.05 Å². The highest BCUT2D eigenvalue weighted by Crippen LogP contribution is 2.14. The van der Waals surface area contributed by atoms with E-state index in [1.54, 1.807) is 36.1 Å². The molecule has 0 aliphatic rings. The summed E-state index contributed by atoms with van der Waals surface area (Å²) in [6.07, 6.45) is 3.31. The van der Waals surface area contributed by atoms with Crippen LogP contribution in [-0.4, -0.2) is 33.2 Å². The normalized spacial score (nSPS) is 11.5. The number of hydrogen-bond acceptors (Lipinski definition) is 2. The molecule has 1 aromatic heterocycles. The maximum Gasteiger partial charge on any atom is 0.257 e. The van der Waals surface area contributed by atoms with Gasteiger partial charge in [-0.3, -0.25) is 9.48 Å². The standard InChI is InChI=1S/C10H17N3O/c1-10(2,3)13(5)9(14)8-6-11-12(4)7-8/h6-7H,1-5H3. The Morgan fingerprint density at radius 1 is 1.50 bits per heavy atom. The lowest BCUT2D eigenvalue weighted by Crippen LogP contribution is -2.42.